The highest BCUT2D eigenvalue weighted by Crippen LogP contribution is 2.45. The Kier molecular flexibility index (Phi) is 4.30. The highest BCUT2D eigenvalue weighted by atomic mass is 16.5. The lowest BCUT2D eigenvalue weighted by Gasteiger charge is -2.25. The molecule has 3 rings (SSSR count). The van der Waals surface area contributed by atoms with Crippen LogP contribution in [0.1, 0.15) is 52.7 Å². The standard InChI is InChI=1S/C23H29NO2/c1-22(2,3)14-12-16-19(15-10-8-9-11-18(15)25-7)21(24)26-20(16)17(13-14)23(4,5)6/h8-13H,24H2,1-7H3. The Morgan fingerprint density at radius 3 is 2.15 bits per heavy atom. The number of benzene rings is 2. The molecular weight excluding hydrogens is 322 g/mol. The second kappa shape index (κ2) is 6.08. The number of hydrogen-bond donors (Lipinski definition) is 1. The van der Waals surface area contributed by atoms with Crippen molar-refractivity contribution < 1.29 is 9.15 Å². The molecule has 0 fully saturated rings. The maximum Gasteiger partial charge on any atom is 0.199 e. The lowest BCUT2D eigenvalue weighted by molar-refractivity contribution is 0.416. The Balaban J connectivity index is 2.44. The maximum atomic E-state index is 6.36. The van der Waals surface area contributed by atoms with Crippen LogP contribution in [0.5, 0.6) is 5.75 Å². The quantitative estimate of drug-likeness (QED) is 0.590. The lowest BCUT2D eigenvalue weighted by atomic mass is 9.79. The minimum atomic E-state index is -0.0537. The van der Waals surface area contributed by atoms with E-state index in [2.05, 4.69) is 53.7 Å². The fraction of sp³-hybridized carbons (Fsp3) is 0.391. The molecule has 26 heavy (non-hydrogen) atoms. The van der Waals surface area contributed by atoms with Crippen LogP contribution in [-0.4, -0.2) is 7.11 Å². The average Bonchev–Trinajstić information content (AvgIpc) is 2.87. The first-order valence-corrected chi connectivity index (χ1v) is 9.04. The van der Waals surface area contributed by atoms with Gasteiger partial charge in [0.15, 0.2) is 5.88 Å². The van der Waals surface area contributed by atoms with E-state index in [1.807, 2.05) is 24.3 Å². The third-order valence-electron chi connectivity index (χ3n) is 4.87. The highest BCUT2D eigenvalue weighted by Gasteiger charge is 2.27. The first-order valence-electron chi connectivity index (χ1n) is 9.04. The number of hydrogen-bond acceptors (Lipinski definition) is 3. The van der Waals surface area contributed by atoms with Gasteiger partial charge in [0.1, 0.15) is 11.3 Å². The van der Waals surface area contributed by atoms with Gasteiger partial charge in [-0.3, -0.25) is 0 Å². The van der Waals surface area contributed by atoms with Gasteiger partial charge in [-0.05, 0) is 28.5 Å². The normalized spacial score (nSPS) is 12.6. The van der Waals surface area contributed by atoms with Gasteiger partial charge in [-0.2, -0.15) is 0 Å². The third kappa shape index (κ3) is 3.07. The summed E-state index contributed by atoms with van der Waals surface area (Å²) in [6, 6.07) is 12.4. The van der Waals surface area contributed by atoms with Crippen molar-refractivity contribution in [2.24, 2.45) is 0 Å². The van der Waals surface area contributed by atoms with E-state index in [0.29, 0.717) is 5.88 Å². The Labute approximate surface area is 156 Å². The van der Waals surface area contributed by atoms with Crippen molar-refractivity contribution in [1.29, 1.82) is 0 Å². The molecule has 0 saturated heterocycles. The molecule has 2 aromatic carbocycles. The molecule has 0 atom stereocenters. The van der Waals surface area contributed by atoms with E-state index in [0.717, 1.165) is 27.8 Å². The molecule has 138 valence electrons. The van der Waals surface area contributed by atoms with E-state index >= 15 is 0 Å². The molecule has 3 aromatic rings. The smallest absolute Gasteiger partial charge is 0.199 e. The van der Waals surface area contributed by atoms with Crippen molar-refractivity contribution in [3.8, 4) is 16.9 Å². The summed E-state index contributed by atoms with van der Waals surface area (Å²) in [7, 11) is 1.68. The van der Waals surface area contributed by atoms with Crippen LogP contribution in [0.25, 0.3) is 22.1 Å². The molecule has 3 heteroatoms. The molecule has 0 unspecified atom stereocenters. The molecule has 0 aliphatic carbocycles. The van der Waals surface area contributed by atoms with Crippen LogP contribution in [0, 0.1) is 0 Å². The first-order chi connectivity index (χ1) is 12.0. The van der Waals surface area contributed by atoms with E-state index in [-0.39, 0.29) is 10.8 Å². The second-order valence-corrected chi connectivity index (χ2v) is 8.94. The van der Waals surface area contributed by atoms with E-state index in [1.165, 1.54) is 11.1 Å². The van der Waals surface area contributed by atoms with Gasteiger partial charge in [-0.25, -0.2) is 0 Å². The molecule has 1 aromatic heterocycles. The van der Waals surface area contributed by atoms with Crippen molar-refractivity contribution in [1.82, 2.24) is 0 Å². The van der Waals surface area contributed by atoms with Crippen LogP contribution < -0.4 is 10.5 Å². The van der Waals surface area contributed by atoms with Gasteiger partial charge in [-0.15, -0.1) is 0 Å². The van der Waals surface area contributed by atoms with Gasteiger partial charge in [0.05, 0.1) is 12.7 Å². The summed E-state index contributed by atoms with van der Waals surface area (Å²) >= 11 is 0. The van der Waals surface area contributed by atoms with Crippen LogP contribution in [0.4, 0.5) is 5.88 Å². The minimum absolute atomic E-state index is 0.0261. The minimum Gasteiger partial charge on any atom is -0.496 e. The van der Waals surface area contributed by atoms with Gasteiger partial charge in [-0.1, -0.05) is 65.8 Å². The Morgan fingerprint density at radius 2 is 1.58 bits per heavy atom. The third-order valence-corrected chi connectivity index (χ3v) is 4.87. The summed E-state index contributed by atoms with van der Waals surface area (Å²) in [4.78, 5) is 0. The molecule has 0 aliphatic rings. The Morgan fingerprint density at radius 1 is 0.923 bits per heavy atom. The zero-order valence-electron chi connectivity index (χ0n) is 16.9. The zero-order valence-corrected chi connectivity index (χ0v) is 16.9. The molecule has 0 amide bonds. The van der Waals surface area contributed by atoms with Crippen molar-refractivity contribution in [3.05, 3.63) is 47.5 Å². The van der Waals surface area contributed by atoms with Crippen LogP contribution in [0.15, 0.2) is 40.8 Å². The van der Waals surface area contributed by atoms with Crippen molar-refractivity contribution in [2.75, 3.05) is 12.8 Å². The molecule has 0 spiro atoms. The molecule has 0 bridgehead atoms. The van der Waals surface area contributed by atoms with Crippen LogP contribution >= 0.6 is 0 Å². The Bertz CT molecular complexity index is 953. The van der Waals surface area contributed by atoms with Gasteiger partial charge < -0.3 is 14.9 Å². The zero-order chi connectivity index (χ0) is 19.3. The number of nitrogen functional groups attached to an aromatic ring is 1. The first kappa shape index (κ1) is 18.4. The monoisotopic (exact) mass is 351 g/mol. The number of ether oxygens (including phenoxy) is 1. The van der Waals surface area contributed by atoms with Crippen molar-refractivity contribution in [3.63, 3.8) is 0 Å². The number of nitrogens with two attached hydrogens (primary N) is 1. The number of rotatable bonds is 2. The Hall–Kier alpha value is -2.42. The van der Waals surface area contributed by atoms with Crippen molar-refractivity contribution in [2.45, 2.75) is 52.4 Å². The van der Waals surface area contributed by atoms with Gasteiger partial charge in [0.25, 0.3) is 0 Å². The molecule has 2 N–H and O–H groups in total. The summed E-state index contributed by atoms with van der Waals surface area (Å²) in [6.45, 7) is 13.3. The fourth-order valence-electron chi connectivity index (χ4n) is 3.34. The summed E-state index contributed by atoms with van der Waals surface area (Å²) in [5, 5.41) is 1.05. The summed E-state index contributed by atoms with van der Waals surface area (Å²) in [5.41, 5.74) is 11.5. The number of furan rings is 1. The molecule has 0 saturated carbocycles. The fourth-order valence-corrected chi connectivity index (χ4v) is 3.34. The van der Waals surface area contributed by atoms with Crippen molar-refractivity contribution >= 4 is 16.9 Å². The summed E-state index contributed by atoms with van der Waals surface area (Å²) in [5.74, 6) is 1.22. The molecule has 3 nitrogen and oxygen atoms in total. The predicted molar refractivity (Wildman–Crippen MR) is 110 cm³/mol. The summed E-state index contributed by atoms with van der Waals surface area (Å²) < 4.78 is 11.7. The maximum absolute atomic E-state index is 6.36. The predicted octanol–water partition coefficient (Wildman–Crippen LogP) is 6.29. The number of anilines is 1. The van der Waals surface area contributed by atoms with Gasteiger partial charge in [0, 0.05) is 16.5 Å². The molecular formula is C23H29NO2. The SMILES string of the molecule is COc1ccccc1-c1c(N)oc2c(C(C)(C)C)cc(C(C)(C)C)cc12. The van der Waals surface area contributed by atoms with Crippen LogP contribution in [0.3, 0.4) is 0 Å². The summed E-state index contributed by atoms with van der Waals surface area (Å²) in [6.07, 6.45) is 0. The van der Waals surface area contributed by atoms with Gasteiger partial charge in [0.2, 0.25) is 0 Å². The average molecular weight is 351 g/mol. The van der Waals surface area contributed by atoms with Gasteiger partial charge >= 0.3 is 0 Å². The highest BCUT2D eigenvalue weighted by molar-refractivity contribution is 6.03. The molecule has 0 radical (unpaired) electrons. The van der Waals surface area contributed by atoms with E-state index < -0.39 is 0 Å². The van der Waals surface area contributed by atoms with E-state index in [1.54, 1.807) is 7.11 Å². The van der Waals surface area contributed by atoms with E-state index in [4.69, 9.17) is 14.9 Å². The second-order valence-electron chi connectivity index (χ2n) is 8.94. The van der Waals surface area contributed by atoms with Crippen LogP contribution in [0.2, 0.25) is 0 Å². The van der Waals surface area contributed by atoms with E-state index in [9.17, 15) is 0 Å². The topological polar surface area (TPSA) is 48.4 Å². The number of methoxy groups -OCH3 is 1. The molecule has 1 heterocycles. The number of para-hydroxylation sites is 1. The largest absolute Gasteiger partial charge is 0.496 e. The number of fused-ring (bicyclic) bond motifs is 1. The van der Waals surface area contributed by atoms with Crippen LogP contribution in [-0.2, 0) is 10.8 Å². The molecule has 0 aliphatic heterocycles. The lowest BCUT2D eigenvalue weighted by Crippen LogP contribution is -2.16.